The van der Waals surface area contributed by atoms with Gasteiger partial charge in [0.25, 0.3) is 0 Å². The first-order chi connectivity index (χ1) is 7.55. The summed E-state index contributed by atoms with van der Waals surface area (Å²) >= 11 is 0. The number of rotatable bonds is 6. The molecule has 2 N–H and O–H groups in total. The number of ether oxygens (including phenoxy) is 1. The van der Waals surface area contributed by atoms with Crippen molar-refractivity contribution in [3.8, 4) is 0 Å². The van der Waals surface area contributed by atoms with Crippen molar-refractivity contribution in [2.75, 3.05) is 19.5 Å². The third kappa shape index (κ3) is 4.78. The molecule has 1 rings (SSSR count). The van der Waals surface area contributed by atoms with E-state index in [1.807, 2.05) is 0 Å². The highest BCUT2D eigenvalue weighted by molar-refractivity contribution is 7.89. The molecule has 0 bridgehead atoms. The molecule has 16 heavy (non-hydrogen) atoms. The van der Waals surface area contributed by atoms with Crippen molar-refractivity contribution in [3.05, 3.63) is 0 Å². The molecule has 1 aliphatic carbocycles. The third-order valence-corrected chi connectivity index (χ3v) is 4.31. The highest BCUT2D eigenvalue weighted by atomic mass is 32.2. The van der Waals surface area contributed by atoms with Gasteiger partial charge in [0.2, 0.25) is 10.0 Å². The molecule has 96 valence electrons. The maximum Gasteiger partial charge on any atom is 0.212 e. The zero-order valence-corrected chi connectivity index (χ0v) is 10.5. The van der Waals surface area contributed by atoms with Crippen molar-refractivity contribution in [1.82, 2.24) is 4.72 Å². The summed E-state index contributed by atoms with van der Waals surface area (Å²) in [5, 5.41) is 9.65. The Bertz CT molecular complexity index is 291. The standard InChI is InChI=1S/C10H21NO4S/c1-15-7-4-8-16(13,14)11-9-5-2-3-6-10(9)12/h9-12H,2-8H2,1H3. The molecule has 2 atom stereocenters. The van der Waals surface area contributed by atoms with Gasteiger partial charge < -0.3 is 9.84 Å². The second-order valence-electron chi connectivity index (χ2n) is 4.24. The first-order valence-electron chi connectivity index (χ1n) is 5.72. The second-order valence-corrected chi connectivity index (χ2v) is 6.11. The van der Waals surface area contributed by atoms with E-state index in [1.54, 1.807) is 7.11 Å². The maximum atomic E-state index is 11.6. The quantitative estimate of drug-likeness (QED) is 0.663. The van der Waals surface area contributed by atoms with Gasteiger partial charge in [-0.15, -0.1) is 0 Å². The summed E-state index contributed by atoms with van der Waals surface area (Å²) in [5.41, 5.74) is 0. The van der Waals surface area contributed by atoms with Crippen molar-refractivity contribution >= 4 is 10.0 Å². The lowest BCUT2D eigenvalue weighted by Gasteiger charge is -2.28. The van der Waals surface area contributed by atoms with E-state index in [0.717, 1.165) is 19.3 Å². The molecular formula is C10H21NO4S. The number of nitrogens with one attached hydrogen (secondary N) is 1. The van der Waals surface area contributed by atoms with E-state index < -0.39 is 16.1 Å². The zero-order valence-electron chi connectivity index (χ0n) is 9.68. The summed E-state index contributed by atoms with van der Waals surface area (Å²) in [6.45, 7) is 0.439. The molecule has 0 saturated heterocycles. The molecule has 1 saturated carbocycles. The fraction of sp³-hybridized carbons (Fsp3) is 1.00. The molecule has 0 aromatic carbocycles. The first-order valence-corrected chi connectivity index (χ1v) is 7.37. The van der Waals surface area contributed by atoms with Crippen LogP contribution in [0.4, 0.5) is 0 Å². The van der Waals surface area contributed by atoms with Crippen molar-refractivity contribution < 1.29 is 18.3 Å². The van der Waals surface area contributed by atoms with Crippen molar-refractivity contribution in [2.45, 2.75) is 44.2 Å². The average molecular weight is 251 g/mol. The van der Waals surface area contributed by atoms with Gasteiger partial charge in [-0.05, 0) is 19.3 Å². The van der Waals surface area contributed by atoms with Crippen LogP contribution in [0.5, 0.6) is 0 Å². The lowest BCUT2D eigenvalue weighted by Crippen LogP contribution is -2.45. The van der Waals surface area contributed by atoms with Crippen LogP contribution >= 0.6 is 0 Å². The molecule has 1 fully saturated rings. The Labute approximate surface area is 97.2 Å². The van der Waals surface area contributed by atoms with Crippen LogP contribution in [-0.4, -0.2) is 45.1 Å². The van der Waals surface area contributed by atoms with Crippen LogP contribution in [0, 0.1) is 0 Å². The fourth-order valence-corrected chi connectivity index (χ4v) is 3.28. The van der Waals surface area contributed by atoms with Crippen LogP contribution in [0.3, 0.4) is 0 Å². The van der Waals surface area contributed by atoms with Gasteiger partial charge in [-0.2, -0.15) is 0 Å². The van der Waals surface area contributed by atoms with Crippen molar-refractivity contribution in [1.29, 1.82) is 0 Å². The third-order valence-electron chi connectivity index (χ3n) is 2.82. The largest absolute Gasteiger partial charge is 0.391 e. The molecule has 0 aliphatic heterocycles. The van der Waals surface area contributed by atoms with Gasteiger partial charge >= 0.3 is 0 Å². The highest BCUT2D eigenvalue weighted by Crippen LogP contribution is 2.19. The number of methoxy groups -OCH3 is 1. The van der Waals surface area contributed by atoms with E-state index in [2.05, 4.69) is 4.72 Å². The molecule has 0 amide bonds. The molecule has 6 heteroatoms. The van der Waals surface area contributed by atoms with E-state index in [1.165, 1.54) is 0 Å². The minimum absolute atomic E-state index is 0.0596. The molecule has 0 heterocycles. The van der Waals surface area contributed by atoms with E-state index in [9.17, 15) is 13.5 Å². The summed E-state index contributed by atoms with van der Waals surface area (Å²) in [7, 11) is -1.73. The Morgan fingerprint density at radius 2 is 2.06 bits per heavy atom. The SMILES string of the molecule is COCCCS(=O)(=O)NC1CCCCC1O. The van der Waals surface area contributed by atoms with Crippen molar-refractivity contribution in [3.63, 3.8) is 0 Å². The van der Waals surface area contributed by atoms with E-state index in [-0.39, 0.29) is 11.8 Å². The van der Waals surface area contributed by atoms with Crippen LogP contribution in [0.2, 0.25) is 0 Å². The van der Waals surface area contributed by atoms with Gasteiger partial charge in [0.1, 0.15) is 0 Å². The van der Waals surface area contributed by atoms with Crippen LogP contribution in [0.1, 0.15) is 32.1 Å². The smallest absolute Gasteiger partial charge is 0.212 e. The summed E-state index contributed by atoms with van der Waals surface area (Å²) in [6, 6.07) is -0.304. The predicted octanol–water partition coefficient (Wildman–Crippen LogP) is 0.246. The summed E-state index contributed by atoms with van der Waals surface area (Å²) in [4.78, 5) is 0. The minimum Gasteiger partial charge on any atom is -0.391 e. The van der Waals surface area contributed by atoms with Gasteiger partial charge in [-0.25, -0.2) is 13.1 Å². The zero-order chi connectivity index (χ0) is 12.0. The van der Waals surface area contributed by atoms with E-state index in [0.29, 0.717) is 19.4 Å². The maximum absolute atomic E-state index is 11.6. The topological polar surface area (TPSA) is 75.6 Å². The molecule has 0 spiro atoms. The summed E-state index contributed by atoms with van der Waals surface area (Å²) in [6.07, 6.45) is 3.31. The number of sulfonamides is 1. The van der Waals surface area contributed by atoms with Gasteiger partial charge in [-0.1, -0.05) is 12.8 Å². The molecule has 2 unspecified atom stereocenters. The average Bonchev–Trinajstić information content (AvgIpc) is 2.21. The molecular weight excluding hydrogens is 230 g/mol. The number of hydrogen-bond donors (Lipinski definition) is 2. The van der Waals surface area contributed by atoms with E-state index >= 15 is 0 Å². The van der Waals surface area contributed by atoms with Crippen molar-refractivity contribution in [2.24, 2.45) is 0 Å². The fourth-order valence-electron chi connectivity index (χ4n) is 1.93. The number of aliphatic hydroxyl groups excluding tert-OH is 1. The Morgan fingerprint density at radius 3 is 2.69 bits per heavy atom. The van der Waals surface area contributed by atoms with E-state index in [4.69, 9.17) is 4.74 Å². The predicted molar refractivity (Wildman–Crippen MR) is 61.7 cm³/mol. The first kappa shape index (κ1) is 13.9. The normalized spacial score (nSPS) is 26.9. The van der Waals surface area contributed by atoms with Gasteiger partial charge in [0.05, 0.1) is 11.9 Å². The molecule has 1 aliphatic rings. The van der Waals surface area contributed by atoms with Crippen LogP contribution in [0.15, 0.2) is 0 Å². The number of hydrogen-bond acceptors (Lipinski definition) is 4. The minimum atomic E-state index is -3.28. The monoisotopic (exact) mass is 251 g/mol. The Kier molecular flexibility index (Phi) is 5.68. The lowest BCUT2D eigenvalue weighted by atomic mass is 9.93. The highest BCUT2D eigenvalue weighted by Gasteiger charge is 2.26. The number of aliphatic hydroxyl groups is 1. The summed E-state index contributed by atoms with van der Waals surface area (Å²) < 4.78 is 30.7. The molecule has 0 aromatic rings. The Balaban J connectivity index is 2.38. The van der Waals surface area contributed by atoms with Gasteiger partial charge in [0.15, 0.2) is 0 Å². The Morgan fingerprint density at radius 1 is 1.38 bits per heavy atom. The summed E-state index contributed by atoms with van der Waals surface area (Å²) in [5.74, 6) is 0.0596. The molecule has 0 aromatic heterocycles. The molecule has 5 nitrogen and oxygen atoms in total. The molecule has 0 radical (unpaired) electrons. The second kappa shape index (κ2) is 6.54. The Hall–Kier alpha value is -0.170. The van der Waals surface area contributed by atoms with Crippen LogP contribution in [0.25, 0.3) is 0 Å². The van der Waals surface area contributed by atoms with Gasteiger partial charge in [-0.3, -0.25) is 0 Å². The van der Waals surface area contributed by atoms with Crippen LogP contribution in [-0.2, 0) is 14.8 Å². The van der Waals surface area contributed by atoms with Crippen LogP contribution < -0.4 is 4.72 Å². The van der Waals surface area contributed by atoms with Gasteiger partial charge in [0, 0.05) is 19.8 Å². The lowest BCUT2D eigenvalue weighted by molar-refractivity contribution is 0.101.